The third kappa shape index (κ3) is 2.65. The van der Waals surface area contributed by atoms with Gasteiger partial charge < -0.3 is 10.2 Å². The molecule has 0 aromatic carbocycles. The summed E-state index contributed by atoms with van der Waals surface area (Å²) in [6.07, 6.45) is 6.20. The van der Waals surface area contributed by atoms with Gasteiger partial charge in [-0.15, -0.1) is 0 Å². The molecule has 1 aliphatic heterocycles. The molecule has 3 nitrogen and oxygen atoms in total. The Balaban J connectivity index is 1.98. The summed E-state index contributed by atoms with van der Waals surface area (Å²) in [5.74, 6) is 1.46. The van der Waals surface area contributed by atoms with Gasteiger partial charge >= 0.3 is 0 Å². The van der Waals surface area contributed by atoms with Gasteiger partial charge in [-0.05, 0) is 37.6 Å². The fourth-order valence-corrected chi connectivity index (χ4v) is 3.42. The maximum Gasteiger partial charge on any atom is 0.239 e. The van der Waals surface area contributed by atoms with Crippen LogP contribution in [0.5, 0.6) is 0 Å². The van der Waals surface area contributed by atoms with Crippen LogP contribution in [0, 0.1) is 11.8 Å². The summed E-state index contributed by atoms with van der Waals surface area (Å²) >= 11 is 0. The molecule has 1 aliphatic carbocycles. The Kier molecular flexibility index (Phi) is 4.08. The zero-order valence-corrected chi connectivity index (χ0v) is 11.4. The highest BCUT2D eigenvalue weighted by molar-refractivity contribution is 5.82. The van der Waals surface area contributed by atoms with Gasteiger partial charge in [-0.1, -0.05) is 26.7 Å². The Bertz CT molecular complexity index is 279. The van der Waals surface area contributed by atoms with Crippen LogP contribution in [0.2, 0.25) is 0 Å². The second kappa shape index (κ2) is 5.38. The summed E-state index contributed by atoms with van der Waals surface area (Å²) in [6.45, 7) is 5.46. The van der Waals surface area contributed by atoms with E-state index in [0.717, 1.165) is 13.0 Å². The minimum atomic E-state index is 0.0640. The van der Waals surface area contributed by atoms with Crippen LogP contribution < -0.4 is 5.32 Å². The Hall–Kier alpha value is -0.570. The maximum absolute atomic E-state index is 12.5. The molecule has 2 rings (SSSR count). The lowest BCUT2D eigenvalue weighted by molar-refractivity contribution is -0.136. The number of carbonyl (C=O) groups is 1. The van der Waals surface area contributed by atoms with Gasteiger partial charge in [-0.25, -0.2) is 0 Å². The van der Waals surface area contributed by atoms with E-state index < -0.39 is 0 Å². The molecule has 1 saturated heterocycles. The molecule has 0 spiro atoms. The first kappa shape index (κ1) is 12.9. The van der Waals surface area contributed by atoms with Gasteiger partial charge in [0, 0.05) is 13.1 Å². The zero-order chi connectivity index (χ0) is 12.4. The molecule has 0 radical (unpaired) electrons. The molecule has 0 bridgehead atoms. The minimum absolute atomic E-state index is 0.0640. The first-order chi connectivity index (χ1) is 8.11. The fraction of sp³-hybridized carbons (Fsp3) is 0.929. The fourth-order valence-electron chi connectivity index (χ4n) is 3.42. The minimum Gasteiger partial charge on any atom is -0.341 e. The van der Waals surface area contributed by atoms with Gasteiger partial charge in [0.25, 0.3) is 0 Å². The topological polar surface area (TPSA) is 32.3 Å². The van der Waals surface area contributed by atoms with Crippen LogP contribution in [0.3, 0.4) is 0 Å². The van der Waals surface area contributed by atoms with E-state index >= 15 is 0 Å². The van der Waals surface area contributed by atoms with E-state index in [1.807, 2.05) is 11.9 Å². The van der Waals surface area contributed by atoms with E-state index in [1.54, 1.807) is 0 Å². The van der Waals surface area contributed by atoms with Crippen LogP contribution in [0.15, 0.2) is 0 Å². The average molecular weight is 238 g/mol. The van der Waals surface area contributed by atoms with Crippen LogP contribution in [-0.2, 0) is 4.79 Å². The van der Waals surface area contributed by atoms with Crippen molar-refractivity contribution in [3.63, 3.8) is 0 Å². The summed E-state index contributed by atoms with van der Waals surface area (Å²) in [5, 5.41) is 3.35. The summed E-state index contributed by atoms with van der Waals surface area (Å²) in [6, 6.07) is 0.528. The highest BCUT2D eigenvalue weighted by Crippen LogP contribution is 2.28. The molecule has 0 aromatic heterocycles. The maximum atomic E-state index is 12.5. The van der Waals surface area contributed by atoms with Gasteiger partial charge in [0.2, 0.25) is 5.91 Å². The predicted molar refractivity (Wildman–Crippen MR) is 69.8 cm³/mol. The predicted octanol–water partition coefficient (Wildman–Crippen LogP) is 2.02. The third-order valence-electron chi connectivity index (χ3n) is 4.71. The van der Waals surface area contributed by atoms with Gasteiger partial charge in [-0.2, -0.15) is 0 Å². The van der Waals surface area contributed by atoms with Crippen molar-refractivity contribution in [1.29, 1.82) is 0 Å². The van der Waals surface area contributed by atoms with Crippen LogP contribution >= 0.6 is 0 Å². The van der Waals surface area contributed by atoms with Crippen LogP contribution in [0.1, 0.15) is 46.0 Å². The molecule has 1 heterocycles. The average Bonchev–Trinajstić information content (AvgIpc) is 2.74. The number of nitrogens with zero attached hydrogens (tertiary/aromatic N) is 1. The molecule has 4 unspecified atom stereocenters. The second-order valence-electron chi connectivity index (χ2n) is 5.98. The quantitative estimate of drug-likeness (QED) is 0.798. The number of likely N-dealkylation sites (N-methyl/N-ethyl adjacent to an activating group) is 1. The molecular formula is C14H26N2O. The van der Waals surface area contributed by atoms with Crippen LogP contribution in [0.25, 0.3) is 0 Å². The van der Waals surface area contributed by atoms with Crippen molar-refractivity contribution in [2.24, 2.45) is 11.8 Å². The Morgan fingerprint density at radius 1 is 1.12 bits per heavy atom. The lowest BCUT2D eigenvalue weighted by Gasteiger charge is -2.38. The molecule has 3 heteroatoms. The van der Waals surface area contributed by atoms with E-state index in [9.17, 15) is 4.79 Å². The number of carbonyl (C=O) groups excluding carboxylic acids is 1. The van der Waals surface area contributed by atoms with Crippen molar-refractivity contribution >= 4 is 5.91 Å². The van der Waals surface area contributed by atoms with Crippen molar-refractivity contribution < 1.29 is 4.79 Å². The number of hydrogen-bond donors (Lipinski definition) is 1. The number of hydrogen-bond acceptors (Lipinski definition) is 2. The SMILES string of the molecule is CC1CCNC1C(=O)N(C)C1CCCCC1C. The Morgan fingerprint density at radius 3 is 2.41 bits per heavy atom. The van der Waals surface area contributed by atoms with Crippen molar-refractivity contribution in [3.8, 4) is 0 Å². The first-order valence-corrected chi connectivity index (χ1v) is 7.11. The Morgan fingerprint density at radius 2 is 1.82 bits per heavy atom. The van der Waals surface area contributed by atoms with Crippen LogP contribution in [0.4, 0.5) is 0 Å². The number of rotatable bonds is 2. The Labute approximate surface area is 105 Å². The standard InChI is InChI=1S/C14H26N2O/c1-10-6-4-5-7-12(10)16(3)14(17)13-11(2)8-9-15-13/h10-13,15H,4-9H2,1-3H3. The highest BCUT2D eigenvalue weighted by Gasteiger charge is 2.35. The largest absolute Gasteiger partial charge is 0.341 e. The lowest BCUT2D eigenvalue weighted by atomic mass is 9.84. The van der Waals surface area contributed by atoms with Gasteiger partial charge in [0.15, 0.2) is 0 Å². The molecule has 1 N–H and O–H groups in total. The summed E-state index contributed by atoms with van der Waals surface area (Å²) in [5.41, 5.74) is 0. The molecule has 98 valence electrons. The smallest absolute Gasteiger partial charge is 0.239 e. The molecule has 1 amide bonds. The first-order valence-electron chi connectivity index (χ1n) is 7.11. The molecule has 1 saturated carbocycles. The van der Waals surface area contributed by atoms with E-state index in [2.05, 4.69) is 19.2 Å². The second-order valence-corrected chi connectivity index (χ2v) is 5.98. The highest BCUT2D eigenvalue weighted by atomic mass is 16.2. The van der Waals surface area contributed by atoms with Crippen molar-refractivity contribution in [1.82, 2.24) is 10.2 Å². The van der Waals surface area contributed by atoms with Gasteiger partial charge in [0.1, 0.15) is 0 Å². The van der Waals surface area contributed by atoms with Crippen molar-refractivity contribution in [3.05, 3.63) is 0 Å². The molecular weight excluding hydrogens is 212 g/mol. The molecule has 2 aliphatic rings. The summed E-state index contributed by atoms with van der Waals surface area (Å²) in [4.78, 5) is 14.5. The number of nitrogens with one attached hydrogen (secondary N) is 1. The summed E-state index contributed by atoms with van der Waals surface area (Å²) < 4.78 is 0. The normalized spacial score (nSPS) is 38.1. The van der Waals surface area contributed by atoms with Crippen LogP contribution in [-0.4, -0.2) is 36.5 Å². The van der Waals surface area contributed by atoms with E-state index in [4.69, 9.17) is 0 Å². The van der Waals surface area contributed by atoms with Crippen molar-refractivity contribution in [2.45, 2.75) is 58.0 Å². The monoisotopic (exact) mass is 238 g/mol. The molecule has 4 atom stereocenters. The zero-order valence-electron chi connectivity index (χ0n) is 11.4. The van der Waals surface area contributed by atoms with Gasteiger partial charge in [0.05, 0.1) is 6.04 Å². The van der Waals surface area contributed by atoms with Crippen molar-refractivity contribution in [2.75, 3.05) is 13.6 Å². The summed E-state index contributed by atoms with van der Waals surface area (Å²) in [7, 11) is 2.00. The molecule has 17 heavy (non-hydrogen) atoms. The lowest BCUT2D eigenvalue weighted by Crippen LogP contribution is -2.50. The molecule has 0 aromatic rings. The van der Waals surface area contributed by atoms with Gasteiger partial charge in [-0.3, -0.25) is 4.79 Å². The third-order valence-corrected chi connectivity index (χ3v) is 4.71. The van der Waals surface area contributed by atoms with E-state index in [1.165, 1.54) is 25.7 Å². The van der Waals surface area contributed by atoms with E-state index in [0.29, 0.717) is 23.8 Å². The molecule has 2 fully saturated rings. The number of amides is 1. The van der Waals surface area contributed by atoms with E-state index in [-0.39, 0.29) is 6.04 Å².